The van der Waals surface area contributed by atoms with Crippen molar-refractivity contribution in [3.05, 3.63) is 23.8 Å². The van der Waals surface area contributed by atoms with Gasteiger partial charge in [0.25, 0.3) is 0 Å². The molecule has 4 nitrogen and oxygen atoms in total. The van der Waals surface area contributed by atoms with Crippen LogP contribution in [0.4, 0.5) is 0 Å². The summed E-state index contributed by atoms with van der Waals surface area (Å²) >= 11 is 9.10. The van der Waals surface area contributed by atoms with Crippen LogP contribution in [0.1, 0.15) is 0 Å². The number of esters is 2. The standard InChI is InChI=1S/C11H12BrClO4/c1-16-9(14)7-5-11(6-13,10(15)17-2)4-3-8(7)12/h3-5,8H,6H2,1-2H3. The summed E-state index contributed by atoms with van der Waals surface area (Å²) in [7, 11) is 2.55. The highest BCUT2D eigenvalue weighted by molar-refractivity contribution is 9.09. The quantitative estimate of drug-likeness (QED) is 0.452. The van der Waals surface area contributed by atoms with E-state index in [0.717, 1.165) is 0 Å². The minimum atomic E-state index is -1.11. The molecule has 0 amide bonds. The SMILES string of the molecule is COC(=O)C1=CC(CCl)(C(=O)OC)C=CC1Br. The normalized spacial score (nSPS) is 27.3. The third kappa shape index (κ3) is 2.72. The highest BCUT2D eigenvalue weighted by atomic mass is 79.9. The van der Waals surface area contributed by atoms with Gasteiger partial charge in [-0.2, -0.15) is 0 Å². The van der Waals surface area contributed by atoms with Gasteiger partial charge in [-0.25, -0.2) is 4.79 Å². The summed E-state index contributed by atoms with van der Waals surface area (Å²) in [5, 5.41) is 0. The molecule has 1 aliphatic rings. The molecule has 0 aromatic rings. The lowest BCUT2D eigenvalue weighted by molar-refractivity contribution is -0.146. The lowest BCUT2D eigenvalue weighted by Gasteiger charge is -2.27. The van der Waals surface area contributed by atoms with Crippen LogP contribution in [0.5, 0.6) is 0 Å². The molecule has 0 N–H and O–H groups in total. The highest BCUT2D eigenvalue weighted by Crippen LogP contribution is 2.34. The van der Waals surface area contributed by atoms with Gasteiger partial charge in [0.1, 0.15) is 5.41 Å². The molecule has 94 valence electrons. The van der Waals surface area contributed by atoms with E-state index in [2.05, 4.69) is 20.7 Å². The Bertz CT molecular complexity index is 391. The van der Waals surface area contributed by atoms with Crippen LogP contribution in [0.3, 0.4) is 0 Å². The molecular formula is C11H12BrClO4. The topological polar surface area (TPSA) is 52.6 Å². The maximum absolute atomic E-state index is 11.7. The van der Waals surface area contributed by atoms with Crippen molar-refractivity contribution in [1.29, 1.82) is 0 Å². The number of allylic oxidation sites excluding steroid dienone is 1. The van der Waals surface area contributed by atoms with Gasteiger partial charge in [0, 0.05) is 5.88 Å². The van der Waals surface area contributed by atoms with Gasteiger partial charge in [0.15, 0.2) is 0 Å². The molecule has 0 fully saturated rings. The first-order valence-electron chi connectivity index (χ1n) is 4.79. The van der Waals surface area contributed by atoms with Crippen molar-refractivity contribution in [3.8, 4) is 0 Å². The van der Waals surface area contributed by atoms with Gasteiger partial charge in [0.05, 0.1) is 24.6 Å². The second kappa shape index (κ2) is 5.69. The first-order valence-corrected chi connectivity index (χ1v) is 6.24. The van der Waals surface area contributed by atoms with E-state index in [1.165, 1.54) is 20.3 Å². The van der Waals surface area contributed by atoms with E-state index in [9.17, 15) is 9.59 Å². The number of carbonyl (C=O) groups is 2. The van der Waals surface area contributed by atoms with E-state index < -0.39 is 17.4 Å². The summed E-state index contributed by atoms with van der Waals surface area (Å²) in [6.07, 6.45) is 4.78. The fourth-order valence-electron chi connectivity index (χ4n) is 1.51. The molecule has 0 aromatic heterocycles. The Labute approximate surface area is 113 Å². The second-order valence-electron chi connectivity index (χ2n) is 3.52. The van der Waals surface area contributed by atoms with E-state index in [1.54, 1.807) is 12.2 Å². The summed E-state index contributed by atoms with van der Waals surface area (Å²) in [6, 6.07) is 0. The van der Waals surface area contributed by atoms with Gasteiger partial charge in [-0.3, -0.25) is 4.79 Å². The smallest absolute Gasteiger partial charge is 0.334 e. The van der Waals surface area contributed by atoms with Crippen LogP contribution < -0.4 is 0 Å². The summed E-state index contributed by atoms with van der Waals surface area (Å²) in [4.78, 5) is 23.0. The average molecular weight is 324 g/mol. The number of alkyl halides is 2. The Morgan fingerprint density at radius 2 is 2.12 bits per heavy atom. The Kier molecular flexibility index (Phi) is 4.77. The van der Waals surface area contributed by atoms with Gasteiger partial charge in [-0.05, 0) is 0 Å². The third-order valence-electron chi connectivity index (χ3n) is 2.48. The molecule has 0 heterocycles. The van der Waals surface area contributed by atoms with Gasteiger partial charge in [0.2, 0.25) is 0 Å². The number of rotatable bonds is 3. The molecule has 1 rings (SSSR count). The largest absolute Gasteiger partial charge is 0.468 e. The monoisotopic (exact) mass is 322 g/mol. The van der Waals surface area contributed by atoms with Gasteiger partial charge < -0.3 is 9.47 Å². The summed E-state index contributed by atoms with van der Waals surface area (Å²) < 4.78 is 9.34. The molecule has 17 heavy (non-hydrogen) atoms. The van der Waals surface area contributed by atoms with Crippen LogP contribution in [0.25, 0.3) is 0 Å². The summed E-state index contributed by atoms with van der Waals surface area (Å²) in [6.45, 7) is 0. The van der Waals surface area contributed by atoms with Gasteiger partial charge >= 0.3 is 11.9 Å². The van der Waals surface area contributed by atoms with Crippen LogP contribution >= 0.6 is 27.5 Å². The zero-order valence-electron chi connectivity index (χ0n) is 9.41. The maximum Gasteiger partial charge on any atom is 0.334 e. The predicted molar refractivity (Wildman–Crippen MR) is 67.1 cm³/mol. The lowest BCUT2D eigenvalue weighted by atomic mass is 9.83. The summed E-state index contributed by atoms with van der Waals surface area (Å²) in [5.74, 6) is -1.02. The second-order valence-corrected chi connectivity index (χ2v) is 4.77. The van der Waals surface area contributed by atoms with Crippen molar-refractivity contribution in [2.75, 3.05) is 20.1 Å². The zero-order chi connectivity index (χ0) is 13.1. The molecule has 0 bridgehead atoms. The molecule has 6 heteroatoms. The van der Waals surface area contributed by atoms with E-state index in [1.807, 2.05) is 0 Å². The van der Waals surface area contributed by atoms with Crippen molar-refractivity contribution in [1.82, 2.24) is 0 Å². The van der Waals surface area contributed by atoms with Crippen LogP contribution in [-0.2, 0) is 19.1 Å². The number of hydrogen-bond acceptors (Lipinski definition) is 4. The van der Waals surface area contributed by atoms with Crippen molar-refractivity contribution >= 4 is 39.5 Å². The Balaban J connectivity index is 3.18. The number of carbonyl (C=O) groups excluding carboxylic acids is 2. The molecular weight excluding hydrogens is 311 g/mol. The zero-order valence-corrected chi connectivity index (χ0v) is 11.7. The minimum absolute atomic E-state index is 0.00358. The van der Waals surface area contributed by atoms with Crippen LogP contribution in [0.2, 0.25) is 0 Å². The Morgan fingerprint density at radius 1 is 1.47 bits per heavy atom. The molecule has 1 aliphatic carbocycles. The number of methoxy groups -OCH3 is 2. The first-order chi connectivity index (χ1) is 8.00. The first kappa shape index (κ1) is 14.3. The molecule has 0 aromatic carbocycles. The molecule has 0 spiro atoms. The molecule has 0 saturated heterocycles. The molecule has 2 unspecified atom stereocenters. The van der Waals surface area contributed by atoms with Crippen molar-refractivity contribution in [2.45, 2.75) is 4.83 Å². The van der Waals surface area contributed by atoms with E-state index in [4.69, 9.17) is 16.3 Å². The number of halogens is 2. The summed E-state index contributed by atoms with van der Waals surface area (Å²) in [5.41, 5.74) is -0.773. The average Bonchev–Trinajstić information content (AvgIpc) is 2.37. The molecule has 0 aliphatic heterocycles. The molecule has 2 atom stereocenters. The minimum Gasteiger partial charge on any atom is -0.468 e. The Morgan fingerprint density at radius 3 is 2.59 bits per heavy atom. The number of ether oxygens (including phenoxy) is 2. The lowest BCUT2D eigenvalue weighted by Crippen LogP contribution is -2.34. The van der Waals surface area contributed by atoms with Crippen molar-refractivity contribution < 1.29 is 19.1 Å². The fourth-order valence-corrected chi connectivity index (χ4v) is 2.26. The van der Waals surface area contributed by atoms with Crippen LogP contribution in [-0.4, -0.2) is 36.9 Å². The van der Waals surface area contributed by atoms with E-state index in [-0.39, 0.29) is 10.7 Å². The third-order valence-corrected chi connectivity index (χ3v) is 3.72. The molecule has 0 radical (unpaired) electrons. The van der Waals surface area contributed by atoms with Crippen molar-refractivity contribution in [2.24, 2.45) is 5.41 Å². The van der Waals surface area contributed by atoms with Crippen LogP contribution in [0.15, 0.2) is 23.8 Å². The fraction of sp³-hybridized carbons (Fsp3) is 0.455. The highest BCUT2D eigenvalue weighted by Gasteiger charge is 2.39. The maximum atomic E-state index is 11.7. The van der Waals surface area contributed by atoms with Gasteiger partial charge in [-0.1, -0.05) is 34.2 Å². The van der Waals surface area contributed by atoms with E-state index in [0.29, 0.717) is 5.57 Å². The van der Waals surface area contributed by atoms with Crippen LogP contribution in [0, 0.1) is 5.41 Å². The predicted octanol–water partition coefficient (Wildman–Crippen LogP) is 1.82. The van der Waals surface area contributed by atoms with Crippen molar-refractivity contribution in [3.63, 3.8) is 0 Å². The Hall–Kier alpha value is -0.810. The molecule has 0 saturated carbocycles. The van der Waals surface area contributed by atoms with E-state index >= 15 is 0 Å². The van der Waals surface area contributed by atoms with Gasteiger partial charge in [-0.15, -0.1) is 11.6 Å². The number of hydrogen-bond donors (Lipinski definition) is 0.